The van der Waals surface area contributed by atoms with Gasteiger partial charge in [-0.1, -0.05) is 18.2 Å². The average Bonchev–Trinajstić information content (AvgIpc) is 2.67. The summed E-state index contributed by atoms with van der Waals surface area (Å²) in [5.41, 5.74) is 7.15. The lowest BCUT2D eigenvalue weighted by Crippen LogP contribution is -2.27. The Morgan fingerprint density at radius 1 is 1.32 bits per heavy atom. The number of hydrogen-bond acceptors (Lipinski definition) is 6. The molecule has 0 aromatic heterocycles. The minimum Gasteiger partial charge on any atom is -0.398 e. The molecule has 0 amide bonds. The first-order chi connectivity index (χ1) is 8.87. The van der Waals surface area contributed by atoms with E-state index in [2.05, 4.69) is 4.18 Å². The summed E-state index contributed by atoms with van der Waals surface area (Å²) < 4.78 is 37.2. The molecule has 0 saturated carbocycles. The van der Waals surface area contributed by atoms with Gasteiger partial charge in [0, 0.05) is 11.3 Å². The van der Waals surface area contributed by atoms with Crippen LogP contribution in [-0.4, -0.2) is 27.4 Å². The molecule has 1 aromatic rings. The molecule has 0 spiro atoms. The summed E-state index contributed by atoms with van der Waals surface area (Å²) in [5, 5.41) is 4.79. The van der Waals surface area contributed by atoms with Gasteiger partial charge in [0.25, 0.3) is 0 Å². The fourth-order valence-corrected chi connectivity index (χ4v) is 2.30. The van der Waals surface area contributed by atoms with Crippen molar-refractivity contribution < 1.29 is 22.1 Å². The van der Waals surface area contributed by atoms with Crippen molar-refractivity contribution in [1.82, 2.24) is 0 Å². The third-order valence-electron chi connectivity index (χ3n) is 2.74. The first kappa shape index (κ1) is 14.2. The molecule has 2 rings (SSSR count). The maximum absolute atomic E-state index is 10.8. The SMILES string of the molecule is CC1O[C@H](c2ccccc2N)[C@@H](COS(N)(=O)=O)O1. The molecular weight excluding hydrogens is 272 g/mol. The number of benzene rings is 1. The molecule has 1 heterocycles. The first-order valence-electron chi connectivity index (χ1n) is 5.69. The molecule has 4 N–H and O–H groups in total. The van der Waals surface area contributed by atoms with Crippen LogP contribution >= 0.6 is 0 Å². The summed E-state index contributed by atoms with van der Waals surface area (Å²) in [5.74, 6) is 0. The van der Waals surface area contributed by atoms with E-state index in [1.54, 1.807) is 25.1 Å². The lowest BCUT2D eigenvalue weighted by molar-refractivity contribution is -0.0549. The zero-order chi connectivity index (χ0) is 14.0. The molecule has 1 saturated heterocycles. The van der Waals surface area contributed by atoms with Crippen molar-refractivity contribution in [1.29, 1.82) is 0 Å². The highest BCUT2D eigenvalue weighted by atomic mass is 32.2. The smallest absolute Gasteiger partial charge is 0.333 e. The van der Waals surface area contributed by atoms with E-state index < -0.39 is 28.8 Å². The molecule has 19 heavy (non-hydrogen) atoms. The largest absolute Gasteiger partial charge is 0.398 e. The van der Waals surface area contributed by atoms with E-state index in [1.165, 1.54) is 0 Å². The number of hydrogen-bond donors (Lipinski definition) is 2. The van der Waals surface area contributed by atoms with E-state index >= 15 is 0 Å². The van der Waals surface area contributed by atoms with Gasteiger partial charge >= 0.3 is 10.3 Å². The van der Waals surface area contributed by atoms with Crippen LogP contribution in [0.15, 0.2) is 24.3 Å². The number of para-hydroxylation sites is 1. The molecule has 3 atom stereocenters. The predicted octanol–water partition coefficient (Wildman–Crippen LogP) is 0.291. The summed E-state index contributed by atoms with van der Waals surface area (Å²) in [4.78, 5) is 0. The predicted molar refractivity (Wildman–Crippen MR) is 68.1 cm³/mol. The summed E-state index contributed by atoms with van der Waals surface area (Å²) in [7, 11) is -4.01. The minimum atomic E-state index is -4.01. The molecule has 8 heteroatoms. The first-order valence-corrected chi connectivity index (χ1v) is 7.16. The van der Waals surface area contributed by atoms with Crippen LogP contribution in [0.25, 0.3) is 0 Å². The maximum atomic E-state index is 10.8. The van der Waals surface area contributed by atoms with Crippen molar-refractivity contribution in [3.63, 3.8) is 0 Å². The van der Waals surface area contributed by atoms with Gasteiger partial charge in [0.05, 0.1) is 6.61 Å². The number of nitrogen functional groups attached to an aromatic ring is 1. The van der Waals surface area contributed by atoms with E-state index in [1.807, 2.05) is 6.07 Å². The van der Waals surface area contributed by atoms with Gasteiger partial charge in [-0.15, -0.1) is 0 Å². The van der Waals surface area contributed by atoms with E-state index in [9.17, 15) is 8.42 Å². The highest BCUT2D eigenvalue weighted by molar-refractivity contribution is 7.84. The van der Waals surface area contributed by atoms with Crippen LogP contribution in [0.1, 0.15) is 18.6 Å². The van der Waals surface area contributed by atoms with Crippen LogP contribution in [0.4, 0.5) is 5.69 Å². The van der Waals surface area contributed by atoms with Crippen LogP contribution in [-0.2, 0) is 24.0 Å². The maximum Gasteiger partial charge on any atom is 0.333 e. The lowest BCUT2D eigenvalue weighted by Gasteiger charge is -2.18. The monoisotopic (exact) mass is 288 g/mol. The highest BCUT2D eigenvalue weighted by Crippen LogP contribution is 2.35. The quantitative estimate of drug-likeness (QED) is 0.770. The van der Waals surface area contributed by atoms with Crippen LogP contribution in [0.5, 0.6) is 0 Å². The Balaban J connectivity index is 2.16. The van der Waals surface area contributed by atoms with Crippen molar-refractivity contribution in [2.45, 2.75) is 25.4 Å². The molecule has 1 unspecified atom stereocenters. The topological polar surface area (TPSA) is 114 Å². The lowest BCUT2D eigenvalue weighted by atomic mass is 10.0. The molecule has 0 bridgehead atoms. The molecule has 7 nitrogen and oxygen atoms in total. The second kappa shape index (κ2) is 5.43. The number of rotatable bonds is 4. The van der Waals surface area contributed by atoms with Crippen molar-refractivity contribution in [3.8, 4) is 0 Å². The Morgan fingerprint density at radius 3 is 2.63 bits per heavy atom. The van der Waals surface area contributed by atoms with Crippen LogP contribution in [0.3, 0.4) is 0 Å². The Labute approximate surface area is 111 Å². The Bertz CT molecular complexity index is 548. The van der Waals surface area contributed by atoms with Gasteiger partial charge in [-0.05, 0) is 13.0 Å². The number of anilines is 1. The van der Waals surface area contributed by atoms with Crippen LogP contribution in [0.2, 0.25) is 0 Å². The van der Waals surface area contributed by atoms with Gasteiger partial charge in [0.1, 0.15) is 12.2 Å². The van der Waals surface area contributed by atoms with Crippen molar-refractivity contribution >= 4 is 16.0 Å². The summed E-state index contributed by atoms with van der Waals surface area (Å²) in [6, 6.07) is 7.15. The number of nitrogens with two attached hydrogens (primary N) is 2. The van der Waals surface area contributed by atoms with Crippen molar-refractivity contribution in [2.75, 3.05) is 12.3 Å². The van der Waals surface area contributed by atoms with Gasteiger partial charge in [-0.2, -0.15) is 8.42 Å². The summed E-state index contributed by atoms with van der Waals surface area (Å²) in [6.07, 6.45) is -1.55. The molecule has 0 aliphatic carbocycles. The number of ether oxygens (including phenoxy) is 2. The van der Waals surface area contributed by atoms with Gasteiger partial charge in [0.15, 0.2) is 6.29 Å². The Hall–Kier alpha value is -1.19. The van der Waals surface area contributed by atoms with Crippen molar-refractivity contribution in [3.05, 3.63) is 29.8 Å². The van der Waals surface area contributed by atoms with Crippen LogP contribution < -0.4 is 10.9 Å². The normalized spacial score (nSPS) is 27.6. The second-order valence-corrected chi connectivity index (χ2v) is 5.43. The highest BCUT2D eigenvalue weighted by Gasteiger charge is 2.36. The molecule has 1 aliphatic rings. The second-order valence-electron chi connectivity index (χ2n) is 4.21. The van der Waals surface area contributed by atoms with Crippen LogP contribution in [0, 0.1) is 0 Å². The molecule has 1 fully saturated rings. The fourth-order valence-electron chi connectivity index (χ4n) is 1.98. The van der Waals surface area contributed by atoms with Crippen molar-refractivity contribution in [2.24, 2.45) is 5.14 Å². The van der Waals surface area contributed by atoms with E-state index in [0.717, 1.165) is 5.56 Å². The van der Waals surface area contributed by atoms with Gasteiger partial charge in [-0.3, -0.25) is 4.18 Å². The van der Waals surface area contributed by atoms with Gasteiger partial charge in [0.2, 0.25) is 0 Å². The van der Waals surface area contributed by atoms with Gasteiger partial charge < -0.3 is 15.2 Å². The zero-order valence-electron chi connectivity index (χ0n) is 10.4. The Kier molecular flexibility index (Phi) is 4.07. The molecule has 106 valence electrons. The minimum absolute atomic E-state index is 0.220. The standard InChI is InChI=1S/C11H16N2O5S/c1-7-17-10(6-16-19(13,14)15)11(18-7)8-4-2-3-5-9(8)12/h2-5,7,10-11H,6,12H2,1H3,(H2,13,14,15)/t7?,10-,11-/m1/s1. The summed E-state index contributed by atoms with van der Waals surface area (Å²) in [6.45, 7) is 1.49. The Morgan fingerprint density at radius 2 is 2.00 bits per heavy atom. The average molecular weight is 288 g/mol. The van der Waals surface area contributed by atoms with E-state index in [0.29, 0.717) is 5.69 Å². The summed E-state index contributed by atoms with van der Waals surface area (Å²) >= 11 is 0. The third-order valence-corrected chi connectivity index (χ3v) is 3.21. The third kappa shape index (κ3) is 3.64. The fraction of sp³-hybridized carbons (Fsp3) is 0.455. The van der Waals surface area contributed by atoms with Gasteiger partial charge in [-0.25, -0.2) is 5.14 Å². The van der Waals surface area contributed by atoms with E-state index in [-0.39, 0.29) is 6.61 Å². The molecular formula is C11H16N2O5S. The van der Waals surface area contributed by atoms with E-state index in [4.69, 9.17) is 20.3 Å². The molecule has 1 aliphatic heterocycles. The zero-order valence-corrected chi connectivity index (χ0v) is 11.2. The molecule has 1 aromatic carbocycles. The molecule has 0 radical (unpaired) electrons.